The van der Waals surface area contributed by atoms with Crippen molar-refractivity contribution in [1.29, 1.82) is 0 Å². The molecule has 0 spiro atoms. The van der Waals surface area contributed by atoms with Crippen LogP contribution in [0.2, 0.25) is 0 Å². The topological polar surface area (TPSA) is 50.3 Å². The molecule has 1 aromatic rings. The van der Waals surface area contributed by atoms with Crippen molar-refractivity contribution in [2.75, 3.05) is 4.90 Å². The minimum absolute atomic E-state index is 0.274. The van der Waals surface area contributed by atoms with Crippen LogP contribution in [0.5, 0.6) is 0 Å². The van der Waals surface area contributed by atoms with Crippen LogP contribution >= 0.6 is 0 Å². The number of amides is 2. The Morgan fingerprint density at radius 3 is 2.12 bits per heavy atom. The Morgan fingerprint density at radius 1 is 1.06 bits per heavy atom. The van der Waals surface area contributed by atoms with E-state index in [1.165, 1.54) is 0 Å². The van der Waals surface area contributed by atoms with Crippen molar-refractivity contribution in [3.63, 3.8) is 0 Å². The van der Waals surface area contributed by atoms with E-state index in [1.54, 1.807) is 26.1 Å². The molecule has 4 nitrogen and oxygen atoms in total. The van der Waals surface area contributed by atoms with Gasteiger partial charge in [-0.15, -0.1) is 0 Å². The van der Waals surface area contributed by atoms with Crippen LogP contribution in [0.4, 0.5) is 5.82 Å². The molecule has 2 heterocycles. The highest BCUT2D eigenvalue weighted by atomic mass is 16.2. The molecule has 0 fully saturated rings. The molecule has 0 aliphatic carbocycles. The normalized spacial score (nSPS) is 16.3. The van der Waals surface area contributed by atoms with E-state index in [0.29, 0.717) is 17.0 Å². The second-order valence-corrected chi connectivity index (χ2v) is 3.84. The summed E-state index contributed by atoms with van der Waals surface area (Å²) in [5.41, 5.74) is 1.80. The molecule has 1 aliphatic rings. The number of nitrogens with zero attached hydrogens (tertiary/aromatic N) is 2. The third-order valence-corrected chi connectivity index (χ3v) is 2.80. The Balaban J connectivity index is 2.51. The van der Waals surface area contributed by atoms with Gasteiger partial charge in [0.2, 0.25) is 0 Å². The average molecular weight is 216 g/mol. The fourth-order valence-corrected chi connectivity index (χ4v) is 1.65. The van der Waals surface area contributed by atoms with Gasteiger partial charge in [-0.1, -0.05) is 6.07 Å². The number of imide groups is 1. The zero-order valence-corrected chi connectivity index (χ0v) is 9.44. The summed E-state index contributed by atoms with van der Waals surface area (Å²) in [6.07, 6.45) is 1.58. The SMILES string of the molecule is CC1=C(C)C(=O)N(c2ncccc2C)C1=O. The zero-order valence-electron chi connectivity index (χ0n) is 9.44. The molecule has 0 radical (unpaired) electrons. The summed E-state index contributed by atoms with van der Waals surface area (Å²) in [6, 6.07) is 3.60. The van der Waals surface area contributed by atoms with Crippen LogP contribution in [0.3, 0.4) is 0 Å². The fourth-order valence-electron chi connectivity index (χ4n) is 1.65. The van der Waals surface area contributed by atoms with Crippen molar-refractivity contribution in [1.82, 2.24) is 4.98 Å². The van der Waals surface area contributed by atoms with Gasteiger partial charge in [0.1, 0.15) is 5.82 Å². The zero-order chi connectivity index (χ0) is 11.9. The van der Waals surface area contributed by atoms with Gasteiger partial charge in [0.15, 0.2) is 0 Å². The standard InChI is InChI=1S/C12H12N2O2/c1-7-5-4-6-13-10(7)14-11(15)8(2)9(3)12(14)16/h4-6H,1-3H3. The Labute approximate surface area is 93.6 Å². The number of hydrogen-bond donors (Lipinski definition) is 0. The molecule has 0 aromatic carbocycles. The van der Waals surface area contributed by atoms with Crippen LogP contribution in [0.1, 0.15) is 19.4 Å². The maximum Gasteiger partial charge on any atom is 0.262 e. The fraction of sp³-hybridized carbons (Fsp3) is 0.250. The van der Waals surface area contributed by atoms with Gasteiger partial charge >= 0.3 is 0 Å². The van der Waals surface area contributed by atoms with Crippen molar-refractivity contribution < 1.29 is 9.59 Å². The molecular weight excluding hydrogens is 204 g/mol. The Bertz CT molecular complexity index is 494. The minimum Gasteiger partial charge on any atom is -0.269 e. The Morgan fingerprint density at radius 2 is 1.62 bits per heavy atom. The number of aromatic nitrogens is 1. The molecular formula is C12H12N2O2. The molecule has 1 aliphatic heterocycles. The van der Waals surface area contributed by atoms with E-state index in [0.717, 1.165) is 10.5 Å². The van der Waals surface area contributed by atoms with E-state index in [1.807, 2.05) is 13.0 Å². The minimum atomic E-state index is -0.274. The second-order valence-electron chi connectivity index (χ2n) is 3.84. The summed E-state index contributed by atoms with van der Waals surface area (Å²) in [5.74, 6) is -0.123. The van der Waals surface area contributed by atoms with E-state index in [-0.39, 0.29) is 11.8 Å². The maximum absolute atomic E-state index is 11.9. The third-order valence-electron chi connectivity index (χ3n) is 2.80. The molecule has 0 saturated carbocycles. The Kier molecular flexibility index (Phi) is 2.34. The van der Waals surface area contributed by atoms with Gasteiger partial charge in [0.05, 0.1) is 0 Å². The maximum atomic E-state index is 11.9. The van der Waals surface area contributed by atoms with Gasteiger partial charge in [-0.2, -0.15) is 0 Å². The number of aryl methyl sites for hydroxylation is 1. The predicted molar refractivity (Wildman–Crippen MR) is 59.8 cm³/mol. The van der Waals surface area contributed by atoms with Crippen LogP contribution in [0.15, 0.2) is 29.5 Å². The number of rotatable bonds is 1. The van der Waals surface area contributed by atoms with E-state index in [2.05, 4.69) is 4.98 Å². The van der Waals surface area contributed by atoms with Crippen LogP contribution in [-0.2, 0) is 9.59 Å². The predicted octanol–water partition coefficient (Wildman–Crippen LogP) is 1.60. The summed E-state index contributed by atoms with van der Waals surface area (Å²) in [7, 11) is 0. The van der Waals surface area contributed by atoms with Crippen LogP contribution < -0.4 is 4.90 Å². The molecule has 0 bridgehead atoms. The summed E-state index contributed by atoms with van der Waals surface area (Å²) < 4.78 is 0. The molecule has 0 atom stereocenters. The number of pyridine rings is 1. The average Bonchev–Trinajstić information content (AvgIpc) is 2.45. The van der Waals surface area contributed by atoms with Crippen molar-refractivity contribution in [2.24, 2.45) is 0 Å². The highest BCUT2D eigenvalue weighted by Gasteiger charge is 2.35. The first-order valence-electron chi connectivity index (χ1n) is 5.02. The monoisotopic (exact) mass is 216 g/mol. The van der Waals surface area contributed by atoms with Crippen molar-refractivity contribution in [2.45, 2.75) is 20.8 Å². The van der Waals surface area contributed by atoms with Gasteiger partial charge < -0.3 is 0 Å². The van der Waals surface area contributed by atoms with E-state index in [4.69, 9.17) is 0 Å². The van der Waals surface area contributed by atoms with Crippen molar-refractivity contribution >= 4 is 17.6 Å². The van der Waals surface area contributed by atoms with Crippen molar-refractivity contribution in [3.8, 4) is 0 Å². The highest BCUT2D eigenvalue weighted by Crippen LogP contribution is 2.26. The molecule has 2 rings (SSSR count). The first-order valence-corrected chi connectivity index (χ1v) is 5.02. The van der Waals surface area contributed by atoms with Gasteiger partial charge in [-0.05, 0) is 32.4 Å². The second kappa shape index (κ2) is 3.56. The van der Waals surface area contributed by atoms with Gasteiger partial charge in [-0.3, -0.25) is 9.59 Å². The first-order chi connectivity index (χ1) is 7.54. The lowest BCUT2D eigenvalue weighted by molar-refractivity contribution is -0.120. The molecule has 4 heteroatoms. The first kappa shape index (κ1) is 10.5. The largest absolute Gasteiger partial charge is 0.269 e. The number of carbonyl (C=O) groups is 2. The quantitative estimate of drug-likeness (QED) is 0.670. The van der Waals surface area contributed by atoms with Gasteiger partial charge in [0.25, 0.3) is 11.8 Å². The summed E-state index contributed by atoms with van der Waals surface area (Å²) in [4.78, 5) is 29.0. The smallest absolute Gasteiger partial charge is 0.262 e. The summed E-state index contributed by atoms with van der Waals surface area (Å²) in [5, 5.41) is 0. The lowest BCUT2D eigenvalue weighted by Gasteiger charge is -2.15. The van der Waals surface area contributed by atoms with E-state index < -0.39 is 0 Å². The molecule has 0 N–H and O–H groups in total. The van der Waals surface area contributed by atoms with E-state index >= 15 is 0 Å². The molecule has 0 saturated heterocycles. The lowest BCUT2D eigenvalue weighted by Crippen LogP contribution is -2.32. The molecule has 0 unspecified atom stereocenters. The highest BCUT2D eigenvalue weighted by molar-refractivity contribution is 6.32. The molecule has 82 valence electrons. The number of anilines is 1. The third kappa shape index (κ3) is 1.34. The number of carbonyl (C=O) groups excluding carboxylic acids is 2. The summed E-state index contributed by atoms with van der Waals surface area (Å²) in [6.45, 7) is 5.15. The van der Waals surface area contributed by atoms with E-state index in [9.17, 15) is 9.59 Å². The van der Waals surface area contributed by atoms with Crippen LogP contribution in [0.25, 0.3) is 0 Å². The van der Waals surface area contributed by atoms with Crippen LogP contribution in [-0.4, -0.2) is 16.8 Å². The molecule has 1 aromatic heterocycles. The number of hydrogen-bond acceptors (Lipinski definition) is 3. The van der Waals surface area contributed by atoms with Gasteiger partial charge in [-0.25, -0.2) is 9.88 Å². The molecule has 2 amide bonds. The Hall–Kier alpha value is -1.97. The van der Waals surface area contributed by atoms with Crippen LogP contribution in [0, 0.1) is 6.92 Å². The van der Waals surface area contributed by atoms with Gasteiger partial charge in [0, 0.05) is 17.3 Å². The van der Waals surface area contributed by atoms with Crippen molar-refractivity contribution in [3.05, 3.63) is 35.0 Å². The summed E-state index contributed by atoms with van der Waals surface area (Å²) >= 11 is 0. The lowest BCUT2D eigenvalue weighted by atomic mass is 10.2. The molecule has 16 heavy (non-hydrogen) atoms.